The van der Waals surface area contributed by atoms with Gasteiger partial charge in [0.1, 0.15) is 6.10 Å². The molecule has 3 nitrogen and oxygen atoms in total. The highest BCUT2D eigenvalue weighted by Crippen LogP contribution is 2.29. The second-order valence-electron chi connectivity index (χ2n) is 4.41. The second kappa shape index (κ2) is 3.29. The second-order valence-corrected chi connectivity index (χ2v) is 4.41. The van der Waals surface area contributed by atoms with Crippen LogP contribution >= 0.6 is 0 Å². The van der Waals surface area contributed by atoms with Gasteiger partial charge in [-0.25, -0.2) is 0 Å². The van der Waals surface area contributed by atoms with Gasteiger partial charge in [-0.2, -0.15) is 0 Å². The first kappa shape index (κ1) is 9.00. The van der Waals surface area contributed by atoms with Crippen LogP contribution in [0.15, 0.2) is 0 Å². The fraction of sp³-hybridized carbons (Fsp3) is 0.900. The van der Waals surface area contributed by atoms with Gasteiger partial charge in [-0.3, -0.25) is 4.79 Å². The monoisotopic (exact) mass is 183 g/mol. The van der Waals surface area contributed by atoms with Gasteiger partial charge < -0.3 is 10.1 Å². The molecule has 1 aliphatic carbocycles. The number of carbonyl (C=O) groups excluding carboxylic acids is 1. The van der Waals surface area contributed by atoms with E-state index in [4.69, 9.17) is 4.74 Å². The molecule has 1 saturated heterocycles. The summed E-state index contributed by atoms with van der Waals surface area (Å²) in [6.45, 7) is 2.88. The van der Waals surface area contributed by atoms with Crippen molar-refractivity contribution >= 4 is 5.91 Å². The lowest BCUT2D eigenvalue weighted by Crippen LogP contribution is -2.51. The number of ether oxygens (including phenoxy) is 1. The number of hydrogen-bond donors (Lipinski definition) is 1. The Morgan fingerprint density at radius 1 is 1.46 bits per heavy atom. The van der Waals surface area contributed by atoms with Crippen LogP contribution in [0.3, 0.4) is 0 Å². The molecule has 74 valence electrons. The van der Waals surface area contributed by atoms with Crippen LogP contribution in [0.4, 0.5) is 0 Å². The van der Waals surface area contributed by atoms with Gasteiger partial charge in [0.15, 0.2) is 0 Å². The van der Waals surface area contributed by atoms with Crippen molar-refractivity contribution < 1.29 is 9.53 Å². The van der Waals surface area contributed by atoms with Crippen molar-refractivity contribution in [2.24, 2.45) is 0 Å². The van der Waals surface area contributed by atoms with E-state index in [1.807, 2.05) is 0 Å². The molecule has 1 saturated carbocycles. The summed E-state index contributed by atoms with van der Waals surface area (Å²) in [6.07, 6.45) is 5.45. The Hall–Kier alpha value is -0.570. The van der Waals surface area contributed by atoms with Crippen LogP contribution in [0, 0.1) is 0 Å². The summed E-state index contributed by atoms with van der Waals surface area (Å²) in [6, 6.07) is 0. The quantitative estimate of drug-likeness (QED) is 0.699. The summed E-state index contributed by atoms with van der Waals surface area (Å²) in [7, 11) is 0. The Morgan fingerprint density at radius 3 is 2.54 bits per heavy atom. The molecule has 2 fully saturated rings. The fourth-order valence-corrected chi connectivity index (χ4v) is 2.10. The highest BCUT2D eigenvalue weighted by molar-refractivity contribution is 5.82. The third-order valence-corrected chi connectivity index (χ3v) is 3.12. The van der Waals surface area contributed by atoms with E-state index in [1.54, 1.807) is 0 Å². The molecule has 3 heteroatoms. The van der Waals surface area contributed by atoms with Gasteiger partial charge >= 0.3 is 0 Å². The van der Waals surface area contributed by atoms with Gasteiger partial charge in [0, 0.05) is 12.0 Å². The van der Waals surface area contributed by atoms with Gasteiger partial charge in [-0.1, -0.05) is 12.8 Å². The van der Waals surface area contributed by atoms with Crippen LogP contribution in [-0.4, -0.2) is 24.2 Å². The molecule has 0 bridgehead atoms. The molecule has 1 heterocycles. The van der Waals surface area contributed by atoms with Crippen LogP contribution in [0.25, 0.3) is 0 Å². The number of nitrogens with one attached hydrogen (secondary N) is 1. The van der Waals surface area contributed by atoms with E-state index in [1.165, 1.54) is 12.8 Å². The highest BCUT2D eigenvalue weighted by atomic mass is 16.5. The molecule has 1 atom stereocenters. The summed E-state index contributed by atoms with van der Waals surface area (Å²) in [4.78, 5) is 11.6. The SMILES string of the molecule is CC1(NC(=O)C2CCO2)CCCC1. The van der Waals surface area contributed by atoms with Crippen molar-refractivity contribution in [1.29, 1.82) is 0 Å². The van der Waals surface area contributed by atoms with Crippen LogP contribution in [0.1, 0.15) is 39.0 Å². The molecule has 0 aromatic carbocycles. The first-order valence-electron chi connectivity index (χ1n) is 5.13. The third kappa shape index (κ3) is 1.85. The van der Waals surface area contributed by atoms with Crippen LogP contribution in [0.5, 0.6) is 0 Å². The maximum Gasteiger partial charge on any atom is 0.249 e. The van der Waals surface area contributed by atoms with Crippen molar-refractivity contribution in [1.82, 2.24) is 5.32 Å². The number of hydrogen-bond acceptors (Lipinski definition) is 2. The molecule has 2 rings (SSSR count). The lowest BCUT2D eigenvalue weighted by molar-refractivity contribution is -0.146. The maximum absolute atomic E-state index is 11.6. The van der Waals surface area contributed by atoms with Gasteiger partial charge in [0.05, 0.1) is 6.61 Å². The van der Waals surface area contributed by atoms with E-state index in [0.717, 1.165) is 25.9 Å². The maximum atomic E-state index is 11.6. The molecule has 13 heavy (non-hydrogen) atoms. The fourth-order valence-electron chi connectivity index (χ4n) is 2.10. The summed E-state index contributed by atoms with van der Waals surface area (Å²) in [5, 5.41) is 3.09. The van der Waals surface area contributed by atoms with Crippen molar-refractivity contribution in [3.63, 3.8) is 0 Å². The standard InChI is InChI=1S/C10H17NO2/c1-10(5-2-3-6-10)11-9(12)8-4-7-13-8/h8H,2-7H2,1H3,(H,11,12). The smallest absolute Gasteiger partial charge is 0.249 e. The minimum absolute atomic E-state index is 0.0516. The van der Waals surface area contributed by atoms with Gasteiger partial charge in [0.2, 0.25) is 5.91 Å². The molecule has 1 N–H and O–H groups in total. The average Bonchev–Trinajstić information content (AvgIpc) is 2.31. The normalized spacial score (nSPS) is 31.0. The average molecular weight is 183 g/mol. The Labute approximate surface area is 78.8 Å². The largest absolute Gasteiger partial charge is 0.368 e. The summed E-state index contributed by atoms with van der Waals surface area (Å²) >= 11 is 0. The van der Waals surface area contributed by atoms with Crippen molar-refractivity contribution in [3.8, 4) is 0 Å². The summed E-state index contributed by atoms with van der Waals surface area (Å²) in [5.41, 5.74) is 0.0516. The zero-order valence-electron chi connectivity index (χ0n) is 8.14. The molecule has 1 aliphatic heterocycles. The van der Waals surface area contributed by atoms with Gasteiger partial charge in [-0.15, -0.1) is 0 Å². The van der Waals surface area contributed by atoms with E-state index in [2.05, 4.69) is 12.2 Å². The predicted molar refractivity (Wildman–Crippen MR) is 49.4 cm³/mol. The van der Waals surface area contributed by atoms with Crippen molar-refractivity contribution in [2.45, 2.75) is 50.7 Å². The zero-order valence-corrected chi connectivity index (χ0v) is 8.14. The van der Waals surface area contributed by atoms with Crippen molar-refractivity contribution in [2.75, 3.05) is 6.61 Å². The molecule has 0 aromatic rings. The molecule has 0 aromatic heterocycles. The Morgan fingerprint density at radius 2 is 2.08 bits per heavy atom. The lowest BCUT2D eigenvalue weighted by atomic mass is 9.99. The molecule has 1 unspecified atom stereocenters. The molecule has 0 radical (unpaired) electrons. The molecule has 2 aliphatic rings. The third-order valence-electron chi connectivity index (χ3n) is 3.12. The predicted octanol–water partition coefficient (Wildman–Crippen LogP) is 1.22. The van der Waals surface area contributed by atoms with Gasteiger partial charge in [0.25, 0.3) is 0 Å². The Balaban J connectivity index is 1.85. The van der Waals surface area contributed by atoms with E-state index in [0.29, 0.717) is 0 Å². The van der Waals surface area contributed by atoms with E-state index >= 15 is 0 Å². The number of carbonyl (C=O) groups is 1. The Bertz CT molecular complexity index is 205. The molecular weight excluding hydrogens is 166 g/mol. The van der Waals surface area contributed by atoms with Crippen LogP contribution in [0.2, 0.25) is 0 Å². The lowest BCUT2D eigenvalue weighted by Gasteiger charge is -2.31. The number of amides is 1. The Kier molecular flexibility index (Phi) is 2.28. The molecule has 1 amide bonds. The highest BCUT2D eigenvalue weighted by Gasteiger charge is 2.34. The minimum Gasteiger partial charge on any atom is -0.368 e. The van der Waals surface area contributed by atoms with Crippen LogP contribution < -0.4 is 5.32 Å². The molecular formula is C10H17NO2. The zero-order chi connectivity index (χ0) is 9.31. The first-order chi connectivity index (χ1) is 6.20. The topological polar surface area (TPSA) is 38.3 Å². The molecule has 0 spiro atoms. The summed E-state index contributed by atoms with van der Waals surface area (Å²) in [5.74, 6) is 0.0932. The minimum atomic E-state index is -0.155. The van der Waals surface area contributed by atoms with E-state index < -0.39 is 0 Å². The van der Waals surface area contributed by atoms with Gasteiger partial charge in [-0.05, 0) is 19.8 Å². The summed E-state index contributed by atoms with van der Waals surface area (Å²) < 4.78 is 5.14. The van der Waals surface area contributed by atoms with E-state index in [9.17, 15) is 4.79 Å². The first-order valence-corrected chi connectivity index (χ1v) is 5.13. The van der Waals surface area contributed by atoms with E-state index in [-0.39, 0.29) is 17.6 Å². The van der Waals surface area contributed by atoms with Crippen LogP contribution in [-0.2, 0) is 9.53 Å². The number of rotatable bonds is 2. The van der Waals surface area contributed by atoms with Crippen molar-refractivity contribution in [3.05, 3.63) is 0 Å².